The lowest BCUT2D eigenvalue weighted by atomic mass is 10.0. The van der Waals surface area contributed by atoms with E-state index in [2.05, 4.69) is 27.4 Å². The fourth-order valence-electron chi connectivity index (χ4n) is 4.63. The van der Waals surface area contributed by atoms with Crippen LogP contribution in [0.4, 0.5) is 17.5 Å². The third kappa shape index (κ3) is 4.94. The van der Waals surface area contributed by atoms with Crippen LogP contribution in [0.1, 0.15) is 44.2 Å². The summed E-state index contributed by atoms with van der Waals surface area (Å²) in [6.07, 6.45) is 6.18. The Kier molecular flexibility index (Phi) is 6.32. The number of nitrogens with zero attached hydrogens (tertiary/aromatic N) is 4. The fraction of sp³-hybridized carbons (Fsp3) is 0.462. The summed E-state index contributed by atoms with van der Waals surface area (Å²) in [5.41, 5.74) is 2.47. The predicted octanol–water partition coefficient (Wildman–Crippen LogP) is 3.54. The molecule has 5 rings (SSSR count). The first-order chi connectivity index (χ1) is 16.9. The van der Waals surface area contributed by atoms with Crippen molar-refractivity contribution in [1.82, 2.24) is 19.9 Å². The van der Waals surface area contributed by atoms with Gasteiger partial charge in [-0.05, 0) is 62.8 Å². The Balaban J connectivity index is 1.46. The third-order valence-corrected chi connectivity index (χ3v) is 6.71. The number of carbonyl (C=O) groups is 1. The van der Waals surface area contributed by atoms with Crippen molar-refractivity contribution in [3.05, 3.63) is 46.4 Å². The number of amides is 1. The van der Waals surface area contributed by atoms with Crippen LogP contribution in [0.25, 0.3) is 10.9 Å². The minimum atomic E-state index is -0.281. The first-order valence-corrected chi connectivity index (χ1v) is 12.3. The number of fused-ring (bicyclic) bond motifs is 1. The van der Waals surface area contributed by atoms with Crippen LogP contribution in [-0.2, 0) is 4.79 Å². The Morgan fingerprint density at radius 2 is 2.06 bits per heavy atom. The number of anilines is 3. The van der Waals surface area contributed by atoms with Gasteiger partial charge in [0.1, 0.15) is 5.82 Å². The second-order valence-electron chi connectivity index (χ2n) is 9.67. The minimum absolute atomic E-state index is 0.172. The SMILES string of the molecule is CNC(=O)COc1cc2cc(Nc3nc(N4CCCC(C)C4)ncc3C)ccc2n(C2CC2)c1=O. The lowest BCUT2D eigenvalue weighted by Crippen LogP contribution is -2.35. The first-order valence-electron chi connectivity index (χ1n) is 12.3. The van der Waals surface area contributed by atoms with Crippen LogP contribution >= 0.6 is 0 Å². The van der Waals surface area contributed by atoms with E-state index in [1.54, 1.807) is 17.7 Å². The number of aromatic nitrogens is 3. The second kappa shape index (κ2) is 9.56. The summed E-state index contributed by atoms with van der Waals surface area (Å²) in [6, 6.07) is 7.81. The van der Waals surface area contributed by atoms with E-state index < -0.39 is 0 Å². The summed E-state index contributed by atoms with van der Waals surface area (Å²) in [4.78, 5) is 36.4. The van der Waals surface area contributed by atoms with Gasteiger partial charge < -0.3 is 24.8 Å². The van der Waals surface area contributed by atoms with Crippen molar-refractivity contribution >= 4 is 34.3 Å². The molecule has 2 fully saturated rings. The van der Waals surface area contributed by atoms with Gasteiger partial charge in [-0.15, -0.1) is 0 Å². The molecule has 0 radical (unpaired) electrons. The smallest absolute Gasteiger partial charge is 0.293 e. The Morgan fingerprint density at radius 3 is 2.80 bits per heavy atom. The maximum absolute atomic E-state index is 13.1. The van der Waals surface area contributed by atoms with Crippen molar-refractivity contribution in [1.29, 1.82) is 0 Å². The zero-order valence-electron chi connectivity index (χ0n) is 20.5. The first kappa shape index (κ1) is 23.1. The van der Waals surface area contributed by atoms with Gasteiger partial charge in [0.05, 0.1) is 5.52 Å². The molecule has 9 nitrogen and oxygen atoms in total. The van der Waals surface area contributed by atoms with Crippen molar-refractivity contribution in [3.63, 3.8) is 0 Å². The molecule has 184 valence electrons. The highest BCUT2D eigenvalue weighted by molar-refractivity contribution is 5.85. The molecule has 1 amide bonds. The number of carbonyl (C=O) groups excluding carboxylic acids is 1. The van der Waals surface area contributed by atoms with E-state index in [0.717, 1.165) is 66.3 Å². The summed E-state index contributed by atoms with van der Waals surface area (Å²) in [7, 11) is 1.54. The topological polar surface area (TPSA) is 101 Å². The van der Waals surface area contributed by atoms with Gasteiger partial charge in [-0.1, -0.05) is 6.92 Å². The largest absolute Gasteiger partial charge is 0.478 e. The number of likely N-dealkylation sites (N-methyl/N-ethyl adjacent to an activating group) is 1. The summed E-state index contributed by atoms with van der Waals surface area (Å²) in [5.74, 6) is 2.05. The number of benzene rings is 1. The van der Waals surface area contributed by atoms with Crippen molar-refractivity contribution in [3.8, 4) is 5.75 Å². The van der Waals surface area contributed by atoms with Gasteiger partial charge in [-0.25, -0.2) is 4.98 Å². The van der Waals surface area contributed by atoms with E-state index >= 15 is 0 Å². The molecule has 1 aliphatic carbocycles. The van der Waals surface area contributed by atoms with Crippen LogP contribution < -0.4 is 25.8 Å². The molecule has 3 heterocycles. The Hall–Kier alpha value is -3.62. The number of hydrogen-bond donors (Lipinski definition) is 2. The molecule has 0 bridgehead atoms. The molecule has 2 N–H and O–H groups in total. The van der Waals surface area contributed by atoms with Crippen molar-refractivity contribution in [2.45, 2.75) is 45.6 Å². The van der Waals surface area contributed by atoms with E-state index in [0.29, 0.717) is 5.92 Å². The highest BCUT2D eigenvalue weighted by Crippen LogP contribution is 2.37. The third-order valence-electron chi connectivity index (χ3n) is 6.71. The second-order valence-corrected chi connectivity index (χ2v) is 9.67. The van der Waals surface area contributed by atoms with E-state index in [-0.39, 0.29) is 29.9 Å². The minimum Gasteiger partial charge on any atom is -0.478 e. The highest BCUT2D eigenvalue weighted by Gasteiger charge is 2.28. The molecular weight excluding hydrogens is 444 g/mol. The lowest BCUT2D eigenvalue weighted by molar-refractivity contribution is -0.122. The van der Waals surface area contributed by atoms with Gasteiger partial charge in [-0.2, -0.15) is 4.98 Å². The Bertz CT molecular complexity index is 1320. The summed E-state index contributed by atoms with van der Waals surface area (Å²) < 4.78 is 7.39. The van der Waals surface area contributed by atoms with Crippen molar-refractivity contribution in [2.24, 2.45) is 5.92 Å². The molecule has 1 aromatic carbocycles. The van der Waals surface area contributed by atoms with Crippen molar-refractivity contribution in [2.75, 3.05) is 37.0 Å². The number of ether oxygens (including phenoxy) is 1. The molecule has 1 saturated carbocycles. The van der Waals surface area contributed by atoms with Crippen LogP contribution in [0.5, 0.6) is 5.75 Å². The number of rotatable bonds is 7. The zero-order valence-corrected chi connectivity index (χ0v) is 20.5. The van der Waals surface area contributed by atoms with Crippen LogP contribution in [-0.4, -0.2) is 47.2 Å². The zero-order chi connectivity index (χ0) is 24.5. The van der Waals surface area contributed by atoms with Crippen LogP contribution in [0, 0.1) is 12.8 Å². The van der Waals surface area contributed by atoms with Gasteiger partial charge in [0.15, 0.2) is 12.4 Å². The predicted molar refractivity (Wildman–Crippen MR) is 137 cm³/mol. The van der Waals surface area contributed by atoms with Crippen LogP contribution in [0.15, 0.2) is 35.3 Å². The highest BCUT2D eigenvalue weighted by atomic mass is 16.5. The maximum Gasteiger partial charge on any atom is 0.293 e. The molecule has 0 spiro atoms. The van der Waals surface area contributed by atoms with E-state index in [1.165, 1.54) is 6.42 Å². The Morgan fingerprint density at radius 1 is 1.23 bits per heavy atom. The summed E-state index contributed by atoms with van der Waals surface area (Å²) in [6.45, 7) is 6.00. The van der Waals surface area contributed by atoms with Gasteiger partial charge in [-0.3, -0.25) is 9.59 Å². The summed E-state index contributed by atoms with van der Waals surface area (Å²) >= 11 is 0. The molecule has 2 aromatic heterocycles. The number of pyridine rings is 1. The normalized spacial score (nSPS) is 17.9. The van der Waals surface area contributed by atoms with E-state index in [4.69, 9.17) is 9.72 Å². The lowest BCUT2D eigenvalue weighted by Gasteiger charge is -2.31. The van der Waals surface area contributed by atoms with E-state index in [1.807, 2.05) is 31.3 Å². The molecular formula is C26H32N6O3. The monoisotopic (exact) mass is 476 g/mol. The molecule has 3 aromatic rings. The average Bonchev–Trinajstić information content (AvgIpc) is 3.69. The number of hydrogen-bond acceptors (Lipinski definition) is 7. The molecule has 9 heteroatoms. The van der Waals surface area contributed by atoms with Gasteiger partial charge in [0.25, 0.3) is 11.5 Å². The van der Waals surface area contributed by atoms with E-state index in [9.17, 15) is 9.59 Å². The number of aryl methyl sites for hydroxylation is 1. The standard InChI is InChI=1S/C26H32N6O3/c1-16-5-4-10-31(14-16)26-28-13-17(2)24(30-26)29-19-6-9-21-18(11-19)12-22(35-15-23(33)27-3)25(34)32(21)20-7-8-20/h6,9,11-13,16,20H,4-5,7-8,10,14-15H2,1-3H3,(H,27,33)(H,28,29,30). The van der Waals surface area contributed by atoms with Gasteiger partial charge in [0.2, 0.25) is 5.95 Å². The summed E-state index contributed by atoms with van der Waals surface area (Å²) in [5, 5.41) is 6.82. The molecule has 1 atom stereocenters. The molecule has 35 heavy (non-hydrogen) atoms. The van der Waals surface area contributed by atoms with Gasteiger partial charge >= 0.3 is 0 Å². The van der Waals surface area contributed by atoms with Crippen LogP contribution in [0.2, 0.25) is 0 Å². The molecule has 2 aliphatic rings. The Labute approximate surface area is 204 Å². The maximum atomic E-state index is 13.1. The van der Waals surface area contributed by atoms with Gasteiger partial charge in [0, 0.05) is 49.0 Å². The number of piperidine rings is 1. The fourth-order valence-corrected chi connectivity index (χ4v) is 4.63. The molecule has 1 saturated heterocycles. The number of nitrogens with one attached hydrogen (secondary N) is 2. The van der Waals surface area contributed by atoms with Crippen molar-refractivity contribution < 1.29 is 9.53 Å². The average molecular weight is 477 g/mol. The van der Waals surface area contributed by atoms with Crippen LogP contribution in [0.3, 0.4) is 0 Å². The molecule has 1 aliphatic heterocycles. The quantitative estimate of drug-likeness (QED) is 0.538. The molecule has 1 unspecified atom stereocenters.